The fourth-order valence-corrected chi connectivity index (χ4v) is 5.96. The van der Waals surface area contributed by atoms with Crippen LogP contribution in [0.25, 0.3) is 6.08 Å². The molecule has 0 N–H and O–H groups in total. The third-order valence-corrected chi connectivity index (χ3v) is 8.01. The van der Waals surface area contributed by atoms with Crippen molar-refractivity contribution < 1.29 is 13.2 Å². The summed E-state index contributed by atoms with van der Waals surface area (Å²) in [6.07, 6.45) is 11.1. The van der Waals surface area contributed by atoms with Crippen LogP contribution in [0.5, 0.6) is 0 Å². The standard InChI is InChI=1S/C23H28BrF3/c1-4-6-8-17-13-20(25)21-19(15(17)3)14-22(24,23(21,26)27)18-11-9-16(7-5-2)10-12-18/h4,6,8,13,16,18H,1,5,7,9-12,14H2,2-3H3/b8-6-. The minimum absolute atomic E-state index is 0.140. The first-order valence-corrected chi connectivity index (χ1v) is 10.7. The van der Waals surface area contributed by atoms with Gasteiger partial charge in [0.2, 0.25) is 0 Å². The Labute approximate surface area is 169 Å². The summed E-state index contributed by atoms with van der Waals surface area (Å²) in [5.41, 5.74) is 1.45. The predicted molar refractivity (Wildman–Crippen MR) is 110 cm³/mol. The molecular weight excluding hydrogens is 413 g/mol. The molecular formula is C23H28BrF3. The van der Waals surface area contributed by atoms with Crippen LogP contribution in [0.3, 0.4) is 0 Å². The Morgan fingerprint density at radius 1 is 1.26 bits per heavy atom. The van der Waals surface area contributed by atoms with E-state index in [-0.39, 0.29) is 12.3 Å². The molecule has 148 valence electrons. The molecule has 0 heterocycles. The molecule has 1 aromatic rings. The van der Waals surface area contributed by atoms with Crippen molar-refractivity contribution in [2.75, 3.05) is 0 Å². The molecule has 0 saturated heterocycles. The molecule has 2 aliphatic rings. The highest BCUT2D eigenvalue weighted by atomic mass is 79.9. The van der Waals surface area contributed by atoms with Crippen LogP contribution in [-0.2, 0) is 12.3 Å². The molecule has 0 aromatic heterocycles. The lowest BCUT2D eigenvalue weighted by Gasteiger charge is -2.41. The number of halogens is 4. The SMILES string of the molecule is C=C/C=C\c1cc(F)c2c(c1C)CC(Br)(C1CCC(CCC)CC1)C2(F)F. The first kappa shape index (κ1) is 20.7. The van der Waals surface area contributed by atoms with Gasteiger partial charge in [0.05, 0.1) is 5.56 Å². The van der Waals surface area contributed by atoms with Gasteiger partial charge in [0.15, 0.2) is 0 Å². The molecule has 0 radical (unpaired) electrons. The number of benzene rings is 1. The van der Waals surface area contributed by atoms with Crippen LogP contribution in [0.15, 0.2) is 24.8 Å². The third kappa shape index (κ3) is 3.43. The zero-order chi connectivity index (χ0) is 19.8. The smallest absolute Gasteiger partial charge is 0.206 e. The minimum atomic E-state index is -3.21. The van der Waals surface area contributed by atoms with Crippen molar-refractivity contribution in [2.45, 2.75) is 69.0 Å². The van der Waals surface area contributed by atoms with Gasteiger partial charge < -0.3 is 0 Å². The molecule has 27 heavy (non-hydrogen) atoms. The van der Waals surface area contributed by atoms with Gasteiger partial charge in [-0.2, -0.15) is 8.78 Å². The van der Waals surface area contributed by atoms with Gasteiger partial charge in [0, 0.05) is 0 Å². The zero-order valence-corrected chi connectivity index (χ0v) is 17.7. The molecule has 1 unspecified atom stereocenters. The van der Waals surface area contributed by atoms with E-state index in [2.05, 4.69) is 29.4 Å². The Morgan fingerprint density at radius 3 is 2.52 bits per heavy atom. The molecule has 1 atom stereocenters. The van der Waals surface area contributed by atoms with Gasteiger partial charge in [-0.1, -0.05) is 73.3 Å². The highest BCUT2D eigenvalue weighted by Crippen LogP contribution is 2.61. The molecule has 0 amide bonds. The second kappa shape index (κ2) is 7.77. The summed E-state index contributed by atoms with van der Waals surface area (Å²) in [6.45, 7) is 7.60. The number of rotatable bonds is 5. The number of fused-ring (bicyclic) bond motifs is 1. The second-order valence-corrected chi connectivity index (χ2v) is 9.56. The van der Waals surface area contributed by atoms with Crippen LogP contribution in [0.2, 0.25) is 0 Å². The van der Waals surface area contributed by atoms with E-state index in [0.29, 0.717) is 17.0 Å². The lowest BCUT2D eigenvalue weighted by atomic mass is 9.72. The van der Waals surface area contributed by atoms with Gasteiger partial charge in [0.1, 0.15) is 10.1 Å². The molecule has 0 aliphatic heterocycles. The van der Waals surface area contributed by atoms with Gasteiger partial charge >= 0.3 is 0 Å². The summed E-state index contributed by atoms with van der Waals surface area (Å²) in [6, 6.07) is 1.24. The maximum Gasteiger partial charge on any atom is 0.291 e. The van der Waals surface area contributed by atoms with E-state index in [1.165, 1.54) is 12.5 Å². The average Bonchev–Trinajstić information content (AvgIpc) is 2.85. The fourth-order valence-electron chi connectivity index (χ4n) is 5.02. The Morgan fingerprint density at radius 2 is 1.93 bits per heavy atom. The van der Waals surface area contributed by atoms with E-state index in [9.17, 15) is 4.39 Å². The van der Waals surface area contributed by atoms with Gasteiger partial charge in [-0.05, 0) is 60.8 Å². The van der Waals surface area contributed by atoms with Crippen LogP contribution >= 0.6 is 15.9 Å². The topological polar surface area (TPSA) is 0 Å². The van der Waals surface area contributed by atoms with Gasteiger partial charge in [-0.25, -0.2) is 4.39 Å². The normalized spacial score (nSPS) is 29.9. The summed E-state index contributed by atoms with van der Waals surface area (Å²) >= 11 is 3.46. The highest BCUT2D eigenvalue weighted by molar-refractivity contribution is 9.10. The minimum Gasteiger partial charge on any atom is -0.206 e. The van der Waals surface area contributed by atoms with E-state index in [4.69, 9.17) is 0 Å². The first-order valence-electron chi connectivity index (χ1n) is 9.94. The summed E-state index contributed by atoms with van der Waals surface area (Å²) in [5, 5.41) is 0. The largest absolute Gasteiger partial charge is 0.291 e. The number of allylic oxidation sites excluding steroid dienone is 2. The number of alkyl halides is 3. The van der Waals surface area contributed by atoms with Crippen molar-refractivity contribution in [3.63, 3.8) is 0 Å². The summed E-state index contributed by atoms with van der Waals surface area (Å²) in [7, 11) is 0. The Kier molecular flexibility index (Phi) is 5.96. The molecule has 4 heteroatoms. The molecule has 0 nitrogen and oxygen atoms in total. The lowest BCUT2D eigenvalue weighted by molar-refractivity contribution is -0.0606. The summed E-state index contributed by atoms with van der Waals surface area (Å²) in [4.78, 5) is 0. The molecule has 1 aromatic carbocycles. The van der Waals surface area contributed by atoms with E-state index in [0.717, 1.165) is 37.7 Å². The maximum absolute atomic E-state index is 15.5. The average molecular weight is 441 g/mol. The highest BCUT2D eigenvalue weighted by Gasteiger charge is 2.64. The number of hydrogen-bond acceptors (Lipinski definition) is 0. The van der Waals surface area contributed by atoms with Crippen molar-refractivity contribution in [1.29, 1.82) is 0 Å². The van der Waals surface area contributed by atoms with Crippen LogP contribution in [-0.4, -0.2) is 4.32 Å². The molecule has 0 spiro atoms. The van der Waals surface area contributed by atoms with Gasteiger partial charge in [0.25, 0.3) is 5.92 Å². The molecule has 1 saturated carbocycles. The maximum atomic E-state index is 15.5. The zero-order valence-electron chi connectivity index (χ0n) is 16.1. The Bertz CT molecular complexity index is 744. The van der Waals surface area contributed by atoms with E-state index >= 15 is 8.78 Å². The molecule has 1 fully saturated rings. The molecule has 0 bridgehead atoms. The van der Waals surface area contributed by atoms with Crippen LogP contribution in [0.4, 0.5) is 13.2 Å². The second-order valence-electron chi connectivity index (χ2n) is 8.14. The predicted octanol–water partition coefficient (Wildman–Crippen LogP) is 7.72. The summed E-state index contributed by atoms with van der Waals surface area (Å²) < 4.78 is 44.4. The van der Waals surface area contributed by atoms with Crippen LogP contribution < -0.4 is 0 Å². The van der Waals surface area contributed by atoms with Crippen molar-refractivity contribution >= 4 is 22.0 Å². The van der Waals surface area contributed by atoms with Crippen molar-refractivity contribution in [1.82, 2.24) is 0 Å². The van der Waals surface area contributed by atoms with E-state index in [1.807, 2.05) is 6.92 Å². The molecule has 2 aliphatic carbocycles. The van der Waals surface area contributed by atoms with Crippen molar-refractivity contribution in [2.24, 2.45) is 11.8 Å². The Hall–Kier alpha value is -1.03. The van der Waals surface area contributed by atoms with Crippen molar-refractivity contribution in [3.8, 4) is 0 Å². The molecule has 3 rings (SSSR count). The Balaban J connectivity index is 1.96. The van der Waals surface area contributed by atoms with Gasteiger partial charge in [-0.3, -0.25) is 0 Å². The third-order valence-electron chi connectivity index (χ3n) is 6.58. The van der Waals surface area contributed by atoms with E-state index in [1.54, 1.807) is 18.2 Å². The lowest BCUT2D eigenvalue weighted by Crippen LogP contribution is -2.45. The quantitative estimate of drug-likeness (QED) is 0.324. The monoisotopic (exact) mass is 440 g/mol. The van der Waals surface area contributed by atoms with E-state index < -0.39 is 21.6 Å². The number of hydrogen-bond donors (Lipinski definition) is 0. The first-order chi connectivity index (χ1) is 12.8. The van der Waals surface area contributed by atoms with Crippen LogP contribution in [0, 0.1) is 24.6 Å². The van der Waals surface area contributed by atoms with Crippen molar-refractivity contribution in [3.05, 3.63) is 52.9 Å². The van der Waals surface area contributed by atoms with Crippen LogP contribution in [0.1, 0.15) is 67.7 Å². The van der Waals surface area contributed by atoms with Gasteiger partial charge in [-0.15, -0.1) is 0 Å². The summed E-state index contributed by atoms with van der Waals surface area (Å²) in [5.74, 6) is -3.50. The fraction of sp³-hybridized carbons (Fsp3) is 0.565.